The zero-order valence-electron chi connectivity index (χ0n) is 16.5. The number of carbonyl (C=O) groups is 2. The summed E-state index contributed by atoms with van der Waals surface area (Å²) in [4.78, 5) is 25.7. The van der Waals surface area contributed by atoms with E-state index in [9.17, 15) is 9.59 Å². The number of hydrogen-bond donors (Lipinski definition) is 2. The summed E-state index contributed by atoms with van der Waals surface area (Å²) in [7, 11) is 0. The first-order chi connectivity index (χ1) is 15.1. The lowest BCUT2D eigenvalue weighted by Gasteiger charge is -2.08. The van der Waals surface area contributed by atoms with Crippen LogP contribution >= 0.6 is 34.4 Å². The number of benzene rings is 4. The highest BCUT2D eigenvalue weighted by Crippen LogP contribution is 2.22. The molecule has 2 N–H and O–H groups in total. The van der Waals surface area contributed by atoms with E-state index in [1.165, 1.54) is 11.8 Å². The summed E-state index contributed by atoms with van der Waals surface area (Å²) in [5, 5.41) is 7.95. The Kier molecular flexibility index (Phi) is 6.89. The van der Waals surface area contributed by atoms with Crippen molar-refractivity contribution in [2.75, 3.05) is 16.4 Å². The molecule has 31 heavy (non-hydrogen) atoms. The summed E-state index contributed by atoms with van der Waals surface area (Å²) in [6.07, 6.45) is 0. The van der Waals surface area contributed by atoms with Crippen LogP contribution in [-0.4, -0.2) is 17.6 Å². The zero-order valence-corrected chi connectivity index (χ0v) is 19.4. The Balaban J connectivity index is 1.31. The van der Waals surface area contributed by atoms with Gasteiger partial charge in [0.2, 0.25) is 5.91 Å². The van der Waals surface area contributed by atoms with Gasteiger partial charge in [0.05, 0.1) is 5.75 Å². The van der Waals surface area contributed by atoms with Crippen molar-refractivity contribution in [2.24, 2.45) is 0 Å². The van der Waals surface area contributed by atoms with Gasteiger partial charge in [-0.1, -0.05) is 30.3 Å². The third-order valence-electron chi connectivity index (χ3n) is 4.62. The Labute approximate surface area is 198 Å². The van der Waals surface area contributed by atoms with E-state index in [0.29, 0.717) is 17.0 Å². The van der Waals surface area contributed by atoms with Crippen LogP contribution in [-0.2, 0) is 4.79 Å². The second-order valence-corrected chi connectivity index (χ2v) is 9.18. The molecule has 6 heteroatoms. The molecule has 0 aliphatic rings. The van der Waals surface area contributed by atoms with E-state index in [2.05, 4.69) is 33.2 Å². The van der Waals surface area contributed by atoms with Gasteiger partial charge in [0, 0.05) is 25.4 Å². The van der Waals surface area contributed by atoms with Gasteiger partial charge in [-0.3, -0.25) is 9.59 Å². The minimum Gasteiger partial charge on any atom is -0.325 e. The Morgan fingerprint density at radius 2 is 1.39 bits per heavy atom. The van der Waals surface area contributed by atoms with Crippen molar-refractivity contribution >= 4 is 68.3 Å². The summed E-state index contributed by atoms with van der Waals surface area (Å²) in [5.41, 5.74) is 2.12. The predicted octanol–water partition coefficient (Wildman–Crippen LogP) is 6.43. The van der Waals surface area contributed by atoms with Crippen LogP contribution in [0.4, 0.5) is 11.4 Å². The van der Waals surface area contributed by atoms with E-state index < -0.39 is 0 Å². The van der Waals surface area contributed by atoms with E-state index in [4.69, 9.17) is 0 Å². The van der Waals surface area contributed by atoms with E-state index in [0.717, 1.165) is 24.9 Å². The average molecular weight is 538 g/mol. The molecular formula is C25H19IN2O2S. The fraction of sp³-hybridized carbons (Fsp3) is 0.0400. The van der Waals surface area contributed by atoms with Crippen LogP contribution in [0.25, 0.3) is 10.8 Å². The molecule has 0 aliphatic heterocycles. The summed E-state index contributed by atoms with van der Waals surface area (Å²) in [5.74, 6) is 0.109. The molecule has 0 aliphatic carbocycles. The van der Waals surface area contributed by atoms with Crippen LogP contribution in [0.5, 0.6) is 0 Å². The SMILES string of the molecule is O=C(CSc1ccc(NC(=O)c2ccc3ccccc3c2)cc1)Nc1ccc(I)cc1. The number of thioether (sulfide) groups is 1. The number of halogens is 1. The van der Waals surface area contributed by atoms with E-state index in [1.807, 2.05) is 91.0 Å². The summed E-state index contributed by atoms with van der Waals surface area (Å²) >= 11 is 3.68. The molecule has 0 unspecified atom stereocenters. The lowest BCUT2D eigenvalue weighted by Crippen LogP contribution is -2.14. The number of rotatable bonds is 6. The summed E-state index contributed by atoms with van der Waals surface area (Å²) in [6, 6.07) is 28.8. The van der Waals surface area contributed by atoms with Crippen molar-refractivity contribution in [3.8, 4) is 0 Å². The Morgan fingerprint density at radius 3 is 2.13 bits per heavy atom. The number of hydrogen-bond acceptors (Lipinski definition) is 3. The Morgan fingerprint density at radius 1 is 0.742 bits per heavy atom. The molecule has 0 radical (unpaired) electrons. The van der Waals surface area contributed by atoms with Crippen molar-refractivity contribution in [1.82, 2.24) is 0 Å². The fourth-order valence-corrected chi connectivity index (χ4v) is 4.11. The van der Waals surface area contributed by atoms with Crippen LogP contribution in [0.2, 0.25) is 0 Å². The average Bonchev–Trinajstić information content (AvgIpc) is 2.80. The monoisotopic (exact) mass is 538 g/mol. The first-order valence-electron chi connectivity index (χ1n) is 9.65. The van der Waals surface area contributed by atoms with Gasteiger partial charge >= 0.3 is 0 Å². The molecule has 0 bridgehead atoms. The second kappa shape index (κ2) is 9.98. The number of anilines is 2. The predicted molar refractivity (Wildman–Crippen MR) is 137 cm³/mol. The quantitative estimate of drug-likeness (QED) is 0.220. The van der Waals surface area contributed by atoms with Crippen LogP contribution in [0, 0.1) is 3.57 Å². The van der Waals surface area contributed by atoms with Crippen LogP contribution in [0.1, 0.15) is 10.4 Å². The minimum atomic E-state index is -0.150. The fourth-order valence-electron chi connectivity index (χ4n) is 3.05. The molecule has 4 aromatic rings. The lowest BCUT2D eigenvalue weighted by molar-refractivity contribution is -0.113. The third kappa shape index (κ3) is 5.86. The van der Waals surface area contributed by atoms with Crippen molar-refractivity contribution in [3.63, 3.8) is 0 Å². The highest BCUT2D eigenvalue weighted by molar-refractivity contribution is 14.1. The minimum absolute atomic E-state index is 0.0557. The van der Waals surface area contributed by atoms with Crippen molar-refractivity contribution in [3.05, 3.63) is 100 Å². The molecule has 2 amide bonds. The standard InChI is InChI=1S/C25H19IN2O2S/c26-20-7-9-21(10-8-20)27-24(29)16-31-23-13-11-22(12-14-23)28-25(30)19-6-5-17-3-1-2-4-18(17)15-19/h1-15H,16H2,(H,27,29)(H,28,30). The van der Waals surface area contributed by atoms with Gasteiger partial charge in [-0.15, -0.1) is 11.8 Å². The molecule has 0 saturated heterocycles. The van der Waals surface area contributed by atoms with Gasteiger partial charge in [-0.05, 0) is 94.0 Å². The maximum absolute atomic E-state index is 12.6. The highest BCUT2D eigenvalue weighted by atomic mass is 127. The molecule has 0 saturated carbocycles. The molecule has 0 heterocycles. The van der Waals surface area contributed by atoms with E-state index >= 15 is 0 Å². The molecule has 4 nitrogen and oxygen atoms in total. The molecule has 154 valence electrons. The number of nitrogens with one attached hydrogen (secondary N) is 2. The highest BCUT2D eigenvalue weighted by Gasteiger charge is 2.08. The number of carbonyl (C=O) groups excluding carboxylic acids is 2. The lowest BCUT2D eigenvalue weighted by atomic mass is 10.1. The Hall–Kier alpha value is -2.84. The molecular weight excluding hydrogens is 519 g/mol. The maximum atomic E-state index is 12.6. The van der Waals surface area contributed by atoms with Gasteiger partial charge in [0.15, 0.2) is 0 Å². The third-order valence-corrected chi connectivity index (χ3v) is 6.35. The van der Waals surface area contributed by atoms with Crippen LogP contribution < -0.4 is 10.6 Å². The normalized spacial score (nSPS) is 10.6. The van der Waals surface area contributed by atoms with Gasteiger partial charge in [0.25, 0.3) is 5.91 Å². The smallest absolute Gasteiger partial charge is 0.255 e. The second-order valence-electron chi connectivity index (χ2n) is 6.88. The van der Waals surface area contributed by atoms with Crippen molar-refractivity contribution in [1.29, 1.82) is 0 Å². The van der Waals surface area contributed by atoms with E-state index in [1.54, 1.807) is 0 Å². The number of fused-ring (bicyclic) bond motifs is 1. The molecule has 4 aromatic carbocycles. The van der Waals surface area contributed by atoms with Gasteiger partial charge in [-0.2, -0.15) is 0 Å². The molecule has 0 spiro atoms. The van der Waals surface area contributed by atoms with Crippen LogP contribution in [0.15, 0.2) is 95.9 Å². The van der Waals surface area contributed by atoms with Crippen molar-refractivity contribution in [2.45, 2.75) is 4.90 Å². The summed E-state index contributed by atoms with van der Waals surface area (Å²) in [6.45, 7) is 0. The van der Waals surface area contributed by atoms with Crippen LogP contribution in [0.3, 0.4) is 0 Å². The van der Waals surface area contributed by atoms with Gasteiger partial charge < -0.3 is 10.6 Å². The van der Waals surface area contributed by atoms with Gasteiger partial charge in [-0.25, -0.2) is 0 Å². The molecule has 0 aromatic heterocycles. The largest absolute Gasteiger partial charge is 0.325 e. The van der Waals surface area contributed by atoms with Gasteiger partial charge in [0.1, 0.15) is 0 Å². The first kappa shape index (κ1) is 21.4. The number of amides is 2. The topological polar surface area (TPSA) is 58.2 Å². The Bertz CT molecular complexity index is 1220. The zero-order chi connectivity index (χ0) is 21.6. The van der Waals surface area contributed by atoms with Crippen molar-refractivity contribution < 1.29 is 9.59 Å². The van der Waals surface area contributed by atoms with E-state index in [-0.39, 0.29) is 11.8 Å². The molecule has 0 atom stereocenters. The first-order valence-corrected chi connectivity index (χ1v) is 11.7. The summed E-state index contributed by atoms with van der Waals surface area (Å²) < 4.78 is 1.12. The molecule has 0 fully saturated rings. The molecule has 4 rings (SSSR count). The maximum Gasteiger partial charge on any atom is 0.255 e.